The number of aryl methyl sites for hydroxylation is 1. The second-order valence-electron chi connectivity index (χ2n) is 6.80. The van der Waals surface area contributed by atoms with Gasteiger partial charge in [-0.1, -0.05) is 32.9 Å². The monoisotopic (exact) mass is 325 g/mol. The van der Waals surface area contributed by atoms with Crippen molar-refractivity contribution in [2.45, 2.75) is 33.1 Å². The van der Waals surface area contributed by atoms with Crippen LogP contribution in [0.1, 0.15) is 52.6 Å². The van der Waals surface area contributed by atoms with Gasteiger partial charge in [-0.2, -0.15) is 0 Å². The quantitative estimate of drug-likeness (QED) is 0.855. The van der Waals surface area contributed by atoms with Crippen LogP contribution in [0, 0.1) is 6.92 Å². The second-order valence-corrected chi connectivity index (χ2v) is 6.80. The molecule has 1 amide bonds. The van der Waals surface area contributed by atoms with E-state index < -0.39 is 5.97 Å². The minimum Gasteiger partial charge on any atom is -0.465 e. The lowest BCUT2D eigenvalue weighted by molar-refractivity contribution is 0.0600. The summed E-state index contributed by atoms with van der Waals surface area (Å²) < 4.78 is 4.69. The Balaban J connectivity index is 2.16. The molecule has 0 saturated carbocycles. The molecule has 0 aliphatic carbocycles. The van der Waals surface area contributed by atoms with Crippen molar-refractivity contribution in [2.24, 2.45) is 0 Å². The molecule has 0 aromatic heterocycles. The van der Waals surface area contributed by atoms with Gasteiger partial charge >= 0.3 is 5.97 Å². The first kappa shape index (κ1) is 17.7. The number of ether oxygens (including phenoxy) is 1. The number of nitrogens with one attached hydrogen (secondary N) is 1. The molecule has 2 aromatic rings. The zero-order valence-corrected chi connectivity index (χ0v) is 14.8. The van der Waals surface area contributed by atoms with Crippen LogP contribution >= 0.6 is 0 Å². The fraction of sp³-hybridized carbons (Fsp3) is 0.300. The number of carbonyl (C=O) groups excluding carboxylic acids is 2. The van der Waals surface area contributed by atoms with Gasteiger partial charge in [0.25, 0.3) is 5.91 Å². The summed E-state index contributed by atoms with van der Waals surface area (Å²) >= 11 is 0. The number of anilines is 1. The van der Waals surface area contributed by atoms with Gasteiger partial charge in [-0.15, -0.1) is 0 Å². The van der Waals surface area contributed by atoms with Crippen LogP contribution in [0.3, 0.4) is 0 Å². The van der Waals surface area contributed by atoms with Gasteiger partial charge in [0.15, 0.2) is 0 Å². The minimum atomic E-state index is -0.395. The Hall–Kier alpha value is -2.62. The first-order chi connectivity index (χ1) is 11.2. The van der Waals surface area contributed by atoms with Crippen LogP contribution in [0.4, 0.5) is 5.69 Å². The largest absolute Gasteiger partial charge is 0.465 e. The smallest absolute Gasteiger partial charge is 0.337 e. The number of hydrogen-bond donors (Lipinski definition) is 1. The highest BCUT2D eigenvalue weighted by Gasteiger charge is 2.15. The number of carbonyl (C=O) groups is 2. The van der Waals surface area contributed by atoms with Crippen LogP contribution in [0.2, 0.25) is 0 Å². The van der Waals surface area contributed by atoms with Crippen molar-refractivity contribution in [2.75, 3.05) is 12.4 Å². The minimum absolute atomic E-state index is 0.0509. The molecule has 0 heterocycles. The predicted octanol–water partition coefficient (Wildman–Crippen LogP) is 4.33. The van der Waals surface area contributed by atoms with Gasteiger partial charge in [-0.25, -0.2) is 4.79 Å². The van der Waals surface area contributed by atoms with E-state index in [2.05, 4.69) is 26.1 Å². The summed E-state index contributed by atoms with van der Waals surface area (Å²) in [5.74, 6) is -0.571. The van der Waals surface area contributed by atoms with Crippen LogP contribution in [-0.4, -0.2) is 19.0 Å². The number of rotatable bonds is 3. The van der Waals surface area contributed by atoms with E-state index in [-0.39, 0.29) is 11.3 Å². The van der Waals surface area contributed by atoms with Gasteiger partial charge < -0.3 is 10.1 Å². The average Bonchev–Trinajstić information content (AvgIpc) is 2.55. The van der Waals surface area contributed by atoms with Gasteiger partial charge in [-0.05, 0) is 53.8 Å². The SMILES string of the molecule is COC(=O)c1ccc(NC(=O)c2ccc(C(C)(C)C)cc2)c(C)c1. The van der Waals surface area contributed by atoms with Crippen molar-refractivity contribution in [3.63, 3.8) is 0 Å². The third kappa shape index (κ3) is 4.02. The third-order valence-electron chi connectivity index (χ3n) is 3.91. The number of methoxy groups -OCH3 is 1. The van der Waals surface area contributed by atoms with Crippen molar-refractivity contribution in [1.29, 1.82) is 0 Å². The molecule has 0 unspecified atom stereocenters. The molecule has 0 atom stereocenters. The third-order valence-corrected chi connectivity index (χ3v) is 3.91. The molecule has 4 heteroatoms. The van der Waals surface area contributed by atoms with Crippen LogP contribution in [-0.2, 0) is 10.2 Å². The fourth-order valence-electron chi connectivity index (χ4n) is 2.36. The molecule has 0 bridgehead atoms. The summed E-state index contributed by atoms with van der Waals surface area (Å²) in [5.41, 5.74) is 3.76. The maximum atomic E-state index is 12.4. The van der Waals surface area contributed by atoms with Gasteiger partial charge in [-0.3, -0.25) is 4.79 Å². The van der Waals surface area contributed by atoms with Gasteiger partial charge in [0.05, 0.1) is 12.7 Å². The summed E-state index contributed by atoms with van der Waals surface area (Å²) in [4.78, 5) is 23.9. The van der Waals surface area contributed by atoms with Gasteiger partial charge in [0.2, 0.25) is 0 Å². The first-order valence-corrected chi connectivity index (χ1v) is 7.83. The van der Waals surface area contributed by atoms with Gasteiger partial charge in [0.1, 0.15) is 0 Å². The molecule has 24 heavy (non-hydrogen) atoms. The van der Waals surface area contributed by atoms with Crippen LogP contribution in [0.5, 0.6) is 0 Å². The van der Waals surface area contributed by atoms with E-state index in [4.69, 9.17) is 4.74 Å². The zero-order chi connectivity index (χ0) is 17.9. The Morgan fingerprint density at radius 1 is 0.958 bits per heavy atom. The second kappa shape index (κ2) is 6.87. The molecule has 0 spiro atoms. The summed E-state index contributed by atoms with van der Waals surface area (Å²) in [7, 11) is 1.34. The number of hydrogen-bond acceptors (Lipinski definition) is 3. The normalized spacial score (nSPS) is 11.0. The maximum absolute atomic E-state index is 12.4. The lowest BCUT2D eigenvalue weighted by atomic mass is 9.86. The fourth-order valence-corrected chi connectivity index (χ4v) is 2.36. The average molecular weight is 325 g/mol. The first-order valence-electron chi connectivity index (χ1n) is 7.83. The summed E-state index contributed by atoms with van der Waals surface area (Å²) in [6.07, 6.45) is 0. The molecule has 0 aliphatic heterocycles. The van der Waals surface area contributed by atoms with Gasteiger partial charge in [0, 0.05) is 11.3 Å². The lowest BCUT2D eigenvalue weighted by Crippen LogP contribution is -2.15. The number of benzene rings is 2. The summed E-state index contributed by atoms with van der Waals surface area (Å²) in [6, 6.07) is 12.6. The van der Waals surface area contributed by atoms with E-state index >= 15 is 0 Å². The van der Waals surface area contributed by atoms with Crippen molar-refractivity contribution in [3.8, 4) is 0 Å². The van der Waals surface area contributed by atoms with Crippen molar-refractivity contribution in [3.05, 3.63) is 64.7 Å². The highest BCUT2D eigenvalue weighted by atomic mass is 16.5. The Morgan fingerprint density at radius 2 is 1.54 bits per heavy atom. The maximum Gasteiger partial charge on any atom is 0.337 e. The molecule has 2 aromatic carbocycles. The van der Waals surface area contributed by atoms with Crippen LogP contribution in [0.15, 0.2) is 42.5 Å². The molecule has 1 N–H and O–H groups in total. The Morgan fingerprint density at radius 3 is 2.04 bits per heavy atom. The van der Waals surface area contributed by atoms with E-state index in [1.165, 1.54) is 12.7 Å². The lowest BCUT2D eigenvalue weighted by Gasteiger charge is -2.19. The summed E-state index contributed by atoms with van der Waals surface area (Å²) in [5, 5.41) is 2.88. The van der Waals surface area contributed by atoms with E-state index in [9.17, 15) is 9.59 Å². The topological polar surface area (TPSA) is 55.4 Å². The molecular formula is C20H23NO3. The predicted molar refractivity (Wildman–Crippen MR) is 95.6 cm³/mol. The highest BCUT2D eigenvalue weighted by Crippen LogP contribution is 2.23. The molecular weight excluding hydrogens is 302 g/mol. The summed E-state index contributed by atoms with van der Waals surface area (Å²) in [6.45, 7) is 8.24. The molecule has 0 saturated heterocycles. The molecule has 0 fully saturated rings. The van der Waals surface area contributed by atoms with Crippen molar-refractivity contribution < 1.29 is 14.3 Å². The molecule has 126 valence electrons. The Bertz CT molecular complexity index is 755. The van der Waals surface area contributed by atoms with E-state index in [1.807, 2.05) is 31.2 Å². The number of amides is 1. The zero-order valence-electron chi connectivity index (χ0n) is 14.8. The standard InChI is InChI=1S/C20H23NO3/c1-13-12-15(19(23)24-5)8-11-17(13)21-18(22)14-6-9-16(10-7-14)20(2,3)4/h6-12H,1-5H3,(H,21,22). The van der Waals surface area contributed by atoms with Crippen LogP contribution in [0.25, 0.3) is 0 Å². The molecule has 0 radical (unpaired) electrons. The van der Waals surface area contributed by atoms with Crippen LogP contribution < -0.4 is 5.32 Å². The molecule has 2 rings (SSSR count). The molecule has 0 aliphatic rings. The van der Waals surface area contributed by atoms with E-state index in [0.29, 0.717) is 16.8 Å². The highest BCUT2D eigenvalue weighted by molar-refractivity contribution is 6.05. The van der Waals surface area contributed by atoms with Crippen molar-refractivity contribution >= 4 is 17.6 Å². The Kier molecular flexibility index (Phi) is 5.07. The Labute approximate surface area is 142 Å². The number of esters is 1. The van der Waals surface area contributed by atoms with E-state index in [1.54, 1.807) is 18.2 Å². The van der Waals surface area contributed by atoms with Crippen molar-refractivity contribution in [1.82, 2.24) is 0 Å². The molecule has 4 nitrogen and oxygen atoms in total. The van der Waals surface area contributed by atoms with E-state index in [0.717, 1.165) is 5.56 Å².